The Balaban J connectivity index is 2.41. The number of aliphatic hydroxyl groups excluding tert-OH is 1. The van der Waals surface area contributed by atoms with Crippen LogP contribution in [0.5, 0.6) is 0 Å². The van der Waals surface area contributed by atoms with Crippen LogP contribution in [0.25, 0.3) is 0 Å². The predicted octanol–water partition coefficient (Wildman–Crippen LogP) is 2.84. The molecule has 0 saturated heterocycles. The van der Waals surface area contributed by atoms with Crippen molar-refractivity contribution in [1.29, 1.82) is 0 Å². The van der Waals surface area contributed by atoms with Gasteiger partial charge in [-0.15, -0.1) is 0 Å². The van der Waals surface area contributed by atoms with Gasteiger partial charge >= 0.3 is 6.03 Å². The average Bonchev–Trinajstić information content (AvgIpc) is 2.67. The van der Waals surface area contributed by atoms with Gasteiger partial charge in [0.05, 0.1) is 38.6 Å². The van der Waals surface area contributed by atoms with Crippen molar-refractivity contribution in [3.8, 4) is 0 Å². The summed E-state index contributed by atoms with van der Waals surface area (Å²) in [4.78, 5) is 14.5. The molecule has 0 aliphatic carbocycles. The molecule has 2 amide bonds. The predicted molar refractivity (Wildman–Crippen MR) is 113 cm³/mol. The van der Waals surface area contributed by atoms with E-state index >= 15 is 0 Å². The summed E-state index contributed by atoms with van der Waals surface area (Å²) in [6.45, 7) is 12.4. The number of hydrogen-bond donors (Lipinski definition) is 3. The molecule has 0 spiro atoms. The van der Waals surface area contributed by atoms with Crippen molar-refractivity contribution >= 4 is 11.7 Å². The summed E-state index contributed by atoms with van der Waals surface area (Å²) in [5.74, 6) is 0. The van der Waals surface area contributed by atoms with E-state index in [1.165, 1.54) is 0 Å². The van der Waals surface area contributed by atoms with Crippen LogP contribution in [-0.4, -0.2) is 67.6 Å². The summed E-state index contributed by atoms with van der Waals surface area (Å²) in [5.41, 5.74) is 1.67. The van der Waals surface area contributed by atoms with Crippen LogP contribution >= 0.6 is 0 Å². The zero-order valence-electron chi connectivity index (χ0n) is 17.7. The SMILES string of the molecule is CCN(CC)CC[C@H](CO)NC(=O)Nc1cccc(COCCOC(C)C)c1. The Kier molecular flexibility index (Phi) is 12.5. The molecule has 0 aliphatic heterocycles. The van der Waals surface area contributed by atoms with E-state index in [2.05, 4.69) is 29.4 Å². The lowest BCUT2D eigenvalue weighted by atomic mass is 10.2. The number of hydrogen-bond acceptors (Lipinski definition) is 5. The molecule has 0 unspecified atom stereocenters. The monoisotopic (exact) mass is 395 g/mol. The zero-order chi connectivity index (χ0) is 20.8. The van der Waals surface area contributed by atoms with Crippen molar-refractivity contribution in [3.63, 3.8) is 0 Å². The molecule has 0 aliphatic rings. The molecule has 7 nitrogen and oxygen atoms in total. The maximum atomic E-state index is 12.2. The fourth-order valence-electron chi connectivity index (χ4n) is 2.71. The van der Waals surface area contributed by atoms with Crippen LogP contribution < -0.4 is 10.6 Å². The highest BCUT2D eigenvalue weighted by Crippen LogP contribution is 2.12. The summed E-state index contributed by atoms with van der Waals surface area (Å²) in [7, 11) is 0. The number of carbonyl (C=O) groups excluding carboxylic acids is 1. The molecular weight excluding hydrogens is 358 g/mol. The molecule has 3 N–H and O–H groups in total. The number of rotatable bonds is 14. The third kappa shape index (κ3) is 10.6. The minimum Gasteiger partial charge on any atom is -0.394 e. The quantitative estimate of drug-likeness (QED) is 0.422. The molecule has 1 aromatic carbocycles. The van der Waals surface area contributed by atoms with Gasteiger partial charge < -0.3 is 30.1 Å². The second-order valence-electron chi connectivity index (χ2n) is 6.97. The number of aliphatic hydroxyl groups is 1. The Morgan fingerprint density at radius 1 is 1.21 bits per heavy atom. The van der Waals surface area contributed by atoms with Crippen molar-refractivity contribution in [1.82, 2.24) is 10.2 Å². The lowest BCUT2D eigenvalue weighted by molar-refractivity contribution is 0.0143. The van der Waals surface area contributed by atoms with Crippen LogP contribution in [-0.2, 0) is 16.1 Å². The molecular formula is C21H37N3O4. The summed E-state index contributed by atoms with van der Waals surface area (Å²) in [6, 6.07) is 6.95. The van der Waals surface area contributed by atoms with Gasteiger partial charge in [0.15, 0.2) is 0 Å². The van der Waals surface area contributed by atoms with E-state index in [1.54, 1.807) is 0 Å². The Labute approximate surface area is 169 Å². The first-order valence-corrected chi connectivity index (χ1v) is 10.2. The average molecular weight is 396 g/mol. The zero-order valence-corrected chi connectivity index (χ0v) is 17.7. The van der Waals surface area contributed by atoms with E-state index < -0.39 is 0 Å². The number of ether oxygens (including phenoxy) is 2. The van der Waals surface area contributed by atoms with Crippen molar-refractivity contribution in [2.75, 3.05) is 44.8 Å². The van der Waals surface area contributed by atoms with Gasteiger partial charge in [0.2, 0.25) is 0 Å². The van der Waals surface area contributed by atoms with Crippen LogP contribution in [0, 0.1) is 0 Å². The van der Waals surface area contributed by atoms with Crippen molar-refractivity contribution in [2.24, 2.45) is 0 Å². The van der Waals surface area contributed by atoms with Crippen molar-refractivity contribution < 1.29 is 19.4 Å². The highest BCUT2D eigenvalue weighted by molar-refractivity contribution is 5.89. The van der Waals surface area contributed by atoms with Crippen LogP contribution in [0.3, 0.4) is 0 Å². The van der Waals surface area contributed by atoms with Crippen LogP contribution in [0.15, 0.2) is 24.3 Å². The fourth-order valence-corrected chi connectivity index (χ4v) is 2.71. The van der Waals surface area contributed by atoms with E-state index in [0.29, 0.717) is 31.9 Å². The molecule has 0 aromatic heterocycles. The number of urea groups is 1. The lowest BCUT2D eigenvalue weighted by Gasteiger charge is -2.22. The second kappa shape index (κ2) is 14.3. The molecule has 0 radical (unpaired) electrons. The number of nitrogens with one attached hydrogen (secondary N) is 2. The van der Waals surface area contributed by atoms with Gasteiger partial charge in [-0.25, -0.2) is 4.79 Å². The normalized spacial score (nSPS) is 12.4. The molecule has 0 fully saturated rings. The molecule has 7 heteroatoms. The van der Waals surface area contributed by atoms with E-state index in [-0.39, 0.29) is 24.8 Å². The van der Waals surface area contributed by atoms with Gasteiger partial charge in [-0.2, -0.15) is 0 Å². The van der Waals surface area contributed by atoms with Gasteiger partial charge in [-0.05, 0) is 51.1 Å². The summed E-state index contributed by atoms with van der Waals surface area (Å²) in [6.07, 6.45) is 0.905. The molecule has 1 aromatic rings. The van der Waals surface area contributed by atoms with Crippen LogP contribution in [0.1, 0.15) is 39.7 Å². The smallest absolute Gasteiger partial charge is 0.319 e. The summed E-state index contributed by atoms with van der Waals surface area (Å²) < 4.78 is 11.0. The van der Waals surface area contributed by atoms with Gasteiger partial charge in [0, 0.05) is 12.2 Å². The number of anilines is 1. The Hall–Kier alpha value is -1.67. The van der Waals surface area contributed by atoms with Gasteiger partial charge in [0.25, 0.3) is 0 Å². The molecule has 0 heterocycles. The second-order valence-corrected chi connectivity index (χ2v) is 6.97. The largest absolute Gasteiger partial charge is 0.394 e. The number of amides is 2. The maximum absolute atomic E-state index is 12.2. The number of nitrogens with zero attached hydrogens (tertiary/aromatic N) is 1. The van der Waals surface area contributed by atoms with E-state index in [9.17, 15) is 9.90 Å². The number of carbonyl (C=O) groups is 1. The topological polar surface area (TPSA) is 83.1 Å². The first-order valence-electron chi connectivity index (χ1n) is 10.2. The van der Waals surface area contributed by atoms with Gasteiger partial charge in [-0.1, -0.05) is 26.0 Å². The highest BCUT2D eigenvalue weighted by atomic mass is 16.5. The summed E-state index contributed by atoms with van der Waals surface area (Å²) in [5, 5.41) is 15.2. The fraction of sp³-hybridized carbons (Fsp3) is 0.667. The van der Waals surface area contributed by atoms with Crippen LogP contribution in [0.2, 0.25) is 0 Å². The maximum Gasteiger partial charge on any atom is 0.319 e. The molecule has 1 atom stereocenters. The minimum atomic E-state index is -0.318. The Bertz CT molecular complexity index is 550. The summed E-state index contributed by atoms with van der Waals surface area (Å²) >= 11 is 0. The standard InChI is InChI=1S/C21H37N3O4/c1-5-24(6-2)11-10-20(15-25)23-21(26)22-19-9-7-8-18(14-19)16-27-12-13-28-17(3)4/h7-9,14,17,20,25H,5-6,10-13,15-16H2,1-4H3,(H2,22,23,26)/t20-/m1/s1. The third-order valence-corrected chi connectivity index (χ3v) is 4.38. The van der Waals surface area contributed by atoms with E-state index in [0.717, 1.165) is 25.2 Å². The molecule has 28 heavy (non-hydrogen) atoms. The lowest BCUT2D eigenvalue weighted by Crippen LogP contribution is -2.42. The third-order valence-electron chi connectivity index (χ3n) is 4.38. The van der Waals surface area contributed by atoms with E-state index in [4.69, 9.17) is 9.47 Å². The Morgan fingerprint density at radius 3 is 2.61 bits per heavy atom. The molecule has 160 valence electrons. The van der Waals surface area contributed by atoms with Crippen molar-refractivity contribution in [3.05, 3.63) is 29.8 Å². The number of benzene rings is 1. The van der Waals surface area contributed by atoms with Crippen molar-refractivity contribution in [2.45, 2.75) is 52.9 Å². The van der Waals surface area contributed by atoms with Gasteiger partial charge in [-0.3, -0.25) is 0 Å². The van der Waals surface area contributed by atoms with E-state index in [1.807, 2.05) is 38.1 Å². The highest BCUT2D eigenvalue weighted by Gasteiger charge is 2.13. The van der Waals surface area contributed by atoms with Crippen LogP contribution in [0.4, 0.5) is 10.5 Å². The first-order chi connectivity index (χ1) is 13.5. The molecule has 0 bridgehead atoms. The Morgan fingerprint density at radius 2 is 1.96 bits per heavy atom. The molecule has 0 saturated carbocycles. The molecule has 1 rings (SSSR count). The van der Waals surface area contributed by atoms with Gasteiger partial charge in [0.1, 0.15) is 0 Å². The minimum absolute atomic E-state index is 0.0823. The first kappa shape index (κ1) is 24.4.